The molecule has 5 heteroatoms. The van der Waals surface area contributed by atoms with Crippen LogP contribution in [0.4, 0.5) is 5.69 Å². The van der Waals surface area contributed by atoms with E-state index in [9.17, 15) is 9.59 Å². The number of allylic oxidation sites excluding steroid dienone is 1. The van der Waals surface area contributed by atoms with Gasteiger partial charge in [0, 0.05) is 16.0 Å². The third kappa shape index (κ3) is 4.15. The second-order valence-electron chi connectivity index (χ2n) is 4.52. The van der Waals surface area contributed by atoms with E-state index >= 15 is 0 Å². The van der Waals surface area contributed by atoms with Gasteiger partial charge in [0.25, 0.3) is 0 Å². The second kappa shape index (κ2) is 7.51. The molecule has 1 N–H and O–H groups in total. The van der Waals surface area contributed by atoms with E-state index in [-0.39, 0.29) is 16.8 Å². The lowest BCUT2D eigenvalue weighted by atomic mass is 10.1. The van der Waals surface area contributed by atoms with Crippen LogP contribution < -0.4 is 10.7 Å². The molecule has 2 rings (SSSR count). The summed E-state index contributed by atoms with van der Waals surface area (Å²) < 4.78 is 1.64. The first-order chi connectivity index (χ1) is 10.5. The zero-order valence-corrected chi connectivity index (χ0v) is 14.9. The van der Waals surface area contributed by atoms with E-state index in [1.807, 2.05) is 24.3 Å². The van der Waals surface area contributed by atoms with Gasteiger partial charge in [-0.25, -0.2) is 0 Å². The largest absolute Gasteiger partial charge is 0.385 e. The van der Waals surface area contributed by atoms with Crippen LogP contribution in [-0.2, 0) is 0 Å². The number of anilines is 1. The number of ketones is 1. The number of rotatable bonds is 4. The van der Waals surface area contributed by atoms with E-state index in [4.69, 9.17) is 0 Å². The van der Waals surface area contributed by atoms with Crippen molar-refractivity contribution in [2.45, 2.75) is 0 Å². The van der Waals surface area contributed by atoms with Crippen molar-refractivity contribution in [1.82, 2.24) is 0 Å². The Labute approximate surface area is 145 Å². The summed E-state index contributed by atoms with van der Waals surface area (Å²) in [7, 11) is 1.65. The summed E-state index contributed by atoms with van der Waals surface area (Å²) in [4.78, 5) is 24.6. The summed E-state index contributed by atoms with van der Waals surface area (Å²) in [6.07, 6.45) is 3.10. The van der Waals surface area contributed by atoms with Gasteiger partial charge in [0.05, 0.1) is 11.3 Å². The Morgan fingerprint density at radius 1 is 1.05 bits per heavy atom. The standard InChI is InChI=1S/C17H13Br2NO2/c1-20-15-8-7-13(19)10-14(17(15)22)16(21)9-4-11-2-5-12(18)6-3-11/h2-10H,1H3,(H,20,22)/b9-4-. The predicted molar refractivity (Wildman–Crippen MR) is 97.5 cm³/mol. The lowest BCUT2D eigenvalue weighted by molar-refractivity contribution is 0.104. The lowest BCUT2D eigenvalue weighted by Gasteiger charge is -1.96. The highest BCUT2D eigenvalue weighted by molar-refractivity contribution is 9.10. The van der Waals surface area contributed by atoms with Crippen LogP contribution in [0.5, 0.6) is 0 Å². The first kappa shape index (κ1) is 16.6. The topological polar surface area (TPSA) is 46.2 Å². The van der Waals surface area contributed by atoms with Crippen molar-refractivity contribution in [3.63, 3.8) is 0 Å². The van der Waals surface area contributed by atoms with Crippen LogP contribution >= 0.6 is 31.9 Å². The van der Waals surface area contributed by atoms with Crippen molar-refractivity contribution in [2.75, 3.05) is 12.4 Å². The van der Waals surface area contributed by atoms with Gasteiger partial charge in [-0.05, 0) is 42.0 Å². The molecular formula is C17H13Br2NO2. The summed E-state index contributed by atoms with van der Waals surface area (Å²) in [5.74, 6) is -0.332. The SMILES string of the molecule is CNc1ccc(Br)cc(C(=O)/C=C\c2ccc(Br)cc2)c1=O. The van der Waals surface area contributed by atoms with Crippen LogP contribution in [0.25, 0.3) is 6.08 Å². The fourth-order valence-corrected chi connectivity index (χ4v) is 2.48. The van der Waals surface area contributed by atoms with Crippen molar-refractivity contribution in [3.05, 3.63) is 78.8 Å². The maximum atomic E-state index is 12.3. The molecule has 0 aliphatic rings. The number of halogens is 2. The Morgan fingerprint density at radius 3 is 2.32 bits per heavy atom. The van der Waals surface area contributed by atoms with Crippen molar-refractivity contribution in [2.24, 2.45) is 0 Å². The van der Waals surface area contributed by atoms with Crippen molar-refractivity contribution in [3.8, 4) is 0 Å². The Kier molecular flexibility index (Phi) is 5.69. The van der Waals surface area contributed by atoms with Gasteiger partial charge in [-0.2, -0.15) is 0 Å². The zero-order valence-electron chi connectivity index (χ0n) is 11.8. The van der Waals surface area contributed by atoms with Gasteiger partial charge >= 0.3 is 0 Å². The van der Waals surface area contributed by atoms with Crippen LogP contribution in [0.2, 0.25) is 0 Å². The summed E-state index contributed by atoms with van der Waals surface area (Å²) >= 11 is 6.67. The van der Waals surface area contributed by atoms with Crippen LogP contribution in [0.3, 0.4) is 0 Å². The number of carbonyl (C=O) groups is 1. The molecule has 0 radical (unpaired) electrons. The highest BCUT2D eigenvalue weighted by Crippen LogP contribution is 2.14. The summed E-state index contributed by atoms with van der Waals surface area (Å²) in [5, 5.41) is 2.80. The minimum absolute atomic E-state index is 0.120. The molecule has 2 aromatic carbocycles. The molecule has 0 amide bonds. The number of hydrogen-bond acceptors (Lipinski definition) is 3. The molecular weight excluding hydrogens is 410 g/mol. The molecule has 0 saturated carbocycles. The number of hydrogen-bond donors (Lipinski definition) is 1. The Morgan fingerprint density at radius 2 is 1.68 bits per heavy atom. The molecule has 0 aliphatic carbocycles. The highest BCUT2D eigenvalue weighted by atomic mass is 79.9. The fourth-order valence-electron chi connectivity index (χ4n) is 1.85. The van der Waals surface area contributed by atoms with E-state index in [1.54, 1.807) is 25.3 Å². The third-order valence-electron chi connectivity index (χ3n) is 3.01. The van der Waals surface area contributed by atoms with Gasteiger partial charge in [0.2, 0.25) is 5.43 Å². The molecule has 3 nitrogen and oxygen atoms in total. The average molecular weight is 423 g/mol. The molecule has 0 fully saturated rings. The summed E-state index contributed by atoms with van der Waals surface area (Å²) in [5.41, 5.74) is 1.07. The Hall–Kier alpha value is -1.72. The molecule has 0 bridgehead atoms. The first-order valence-electron chi connectivity index (χ1n) is 6.51. The highest BCUT2D eigenvalue weighted by Gasteiger charge is 2.10. The zero-order chi connectivity index (χ0) is 16.1. The average Bonchev–Trinajstić information content (AvgIpc) is 2.65. The second-order valence-corrected chi connectivity index (χ2v) is 6.35. The quantitative estimate of drug-likeness (QED) is 0.582. The monoisotopic (exact) mass is 421 g/mol. The van der Waals surface area contributed by atoms with Crippen molar-refractivity contribution >= 4 is 49.4 Å². The van der Waals surface area contributed by atoms with Crippen LogP contribution in [0, 0.1) is 0 Å². The van der Waals surface area contributed by atoms with Gasteiger partial charge in [-0.15, -0.1) is 0 Å². The maximum absolute atomic E-state index is 12.3. The van der Waals surface area contributed by atoms with Crippen molar-refractivity contribution in [1.29, 1.82) is 0 Å². The maximum Gasteiger partial charge on any atom is 0.212 e. The normalized spacial score (nSPS) is 10.7. The minimum Gasteiger partial charge on any atom is -0.385 e. The minimum atomic E-state index is -0.332. The summed E-state index contributed by atoms with van der Waals surface area (Å²) in [6.45, 7) is 0. The third-order valence-corrected chi connectivity index (χ3v) is 4.03. The van der Waals surface area contributed by atoms with Gasteiger partial charge in [-0.1, -0.05) is 50.1 Å². The number of carbonyl (C=O) groups excluding carboxylic acids is 1. The fraction of sp³-hybridized carbons (Fsp3) is 0.0588. The van der Waals surface area contributed by atoms with Gasteiger partial charge < -0.3 is 5.32 Å². The van der Waals surface area contributed by atoms with Gasteiger partial charge in [-0.3, -0.25) is 9.59 Å². The Balaban J connectivity index is 2.38. The molecule has 2 aromatic rings. The smallest absolute Gasteiger partial charge is 0.212 e. The number of benzene rings is 1. The molecule has 22 heavy (non-hydrogen) atoms. The molecule has 0 atom stereocenters. The predicted octanol–water partition coefficient (Wildman–Crippen LogP) is 4.51. The number of nitrogens with one attached hydrogen (secondary N) is 1. The molecule has 0 saturated heterocycles. The van der Waals surface area contributed by atoms with E-state index in [0.717, 1.165) is 10.0 Å². The van der Waals surface area contributed by atoms with Crippen molar-refractivity contribution < 1.29 is 4.79 Å². The molecule has 112 valence electrons. The van der Waals surface area contributed by atoms with Crippen LogP contribution in [-0.4, -0.2) is 12.8 Å². The summed E-state index contributed by atoms with van der Waals surface area (Å²) in [6, 6.07) is 12.4. The van der Waals surface area contributed by atoms with E-state index in [2.05, 4.69) is 37.2 Å². The van der Waals surface area contributed by atoms with E-state index < -0.39 is 0 Å². The first-order valence-corrected chi connectivity index (χ1v) is 8.09. The van der Waals surface area contributed by atoms with Crippen LogP contribution in [0.15, 0.2) is 62.3 Å². The van der Waals surface area contributed by atoms with E-state index in [1.165, 1.54) is 12.1 Å². The molecule has 0 unspecified atom stereocenters. The Bertz CT molecular complexity index is 784. The molecule has 0 aliphatic heterocycles. The lowest BCUT2D eigenvalue weighted by Crippen LogP contribution is -2.14. The molecule has 0 aromatic heterocycles. The van der Waals surface area contributed by atoms with Gasteiger partial charge in [0.1, 0.15) is 0 Å². The van der Waals surface area contributed by atoms with Gasteiger partial charge in [0.15, 0.2) is 5.78 Å². The van der Waals surface area contributed by atoms with Crippen LogP contribution in [0.1, 0.15) is 15.9 Å². The molecule has 0 heterocycles. The molecule has 0 spiro atoms. The van der Waals surface area contributed by atoms with E-state index in [0.29, 0.717) is 10.2 Å².